The van der Waals surface area contributed by atoms with Crippen molar-refractivity contribution in [3.63, 3.8) is 0 Å². The second-order valence-electron chi connectivity index (χ2n) is 1.92. The van der Waals surface area contributed by atoms with Gasteiger partial charge in [0.15, 0.2) is 0 Å². The van der Waals surface area contributed by atoms with Crippen molar-refractivity contribution in [2.45, 2.75) is 18.0 Å². The quantitative estimate of drug-likeness (QED) is 0.560. The average Bonchev–Trinajstić information content (AvgIpc) is 1.84. The molecule has 13 heavy (non-hydrogen) atoms. The molecule has 0 aliphatic carbocycles. The Kier molecular flexibility index (Phi) is 3.02. The third-order valence-electron chi connectivity index (χ3n) is 0.997. The Labute approximate surface area is 75.0 Å². The van der Waals surface area contributed by atoms with E-state index in [0.29, 0.717) is 0 Å². The van der Waals surface area contributed by atoms with Gasteiger partial charge in [0.2, 0.25) is 0 Å². The molecule has 0 N–H and O–H groups in total. The molecule has 0 heterocycles. The van der Waals surface area contributed by atoms with Crippen LogP contribution in [-0.4, -0.2) is 22.7 Å². The van der Waals surface area contributed by atoms with Crippen LogP contribution in [0.5, 0.6) is 0 Å². The van der Waals surface area contributed by atoms with E-state index in [4.69, 9.17) is 0 Å². The summed E-state index contributed by atoms with van der Waals surface area (Å²) in [4.78, 5) is 9.75. The molecule has 0 saturated carbocycles. The van der Waals surface area contributed by atoms with Crippen LogP contribution in [0.15, 0.2) is 0 Å². The van der Waals surface area contributed by atoms with E-state index >= 15 is 0 Å². The maximum absolute atomic E-state index is 12.0. The van der Waals surface area contributed by atoms with E-state index < -0.39 is 22.7 Å². The molecule has 0 spiro atoms. The first-order chi connectivity index (χ1) is 5.44. The molecule has 9 heteroatoms. The molecule has 0 atom stereocenters. The van der Waals surface area contributed by atoms with Crippen LogP contribution in [0.3, 0.4) is 0 Å². The molecule has 0 aromatic carbocycles. The predicted octanol–water partition coefficient (Wildman–Crippen LogP) is 2.74. The van der Waals surface area contributed by atoms with E-state index in [1.165, 1.54) is 15.9 Å². The van der Waals surface area contributed by atoms with Crippen molar-refractivity contribution in [1.82, 2.24) is 0 Å². The van der Waals surface area contributed by atoms with Crippen molar-refractivity contribution in [2.75, 3.05) is 0 Å². The Hall–Kier alpha value is -0.340. The molecule has 0 radical (unpaired) electrons. The van der Waals surface area contributed by atoms with E-state index in [1.54, 1.807) is 0 Å². The van der Waals surface area contributed by atoms with Crippen LogP contribution in [0.1, 0.15) is 0 Å². The number of halogens is 8. The van der Waals surface area contributed by atoms with Gasteiger partial charge in [0, 0.05) is 0 Å². The maximum atomic E-state index is 12.0. The lowest BCUT2D eigenvalue weighted by Crippen LogP contribution is -2.54. The first-order valence-electron chi connectivity index (χ1n) is 2.47. The fraction of sp³-hybridized carbons (Fsp3) is 0.750. The van der Waals surface area contributed by atoms with Crippen molar-refractivity contribution in [1.29, 1.82) is 0 Å². The Bertz CT molecular complexity index is 219. The molecular formula is C4BrF7O. The summed E-state index contributed by atoms with van der Waals surface area (Å²) in [7, 11) is 0. The first kappa shape index (κ1) is 12.7. The molecule has 0 amide bonds. The summed E-state index contributed by atoms with van der Waals surface area (Å²) in [6.07, 6.45) is -6.47. The third kappa shape index (κ3) is 1.94. The summed E-state index contributed by atoms with van der Waals surface area (Å²) in [6.45, 7) is 0. The molecule has 0 aliphatic heterocycles. The van der Waals surface area contributed by atoms with Crippen LogP contribution in [0, 0.1) is 0 Å². The molecule has 0 aromatic heterocycles. The zero-order valence-corrected chi connectivity index (χ0v) is 7.02. The van der Waals surface area contributed by atoms with Gasteiger partial charge in [0.1, 0.15) is 0 Å². The lowest BCUT2D eigenvalue weighted by Gasteiger charge is -2.25. The smallest absolute Gasteiger partial charge is 0.280 e. The fourth-order valence-corrected chi connectivity index (χ4v) is 0.550. The summed E-state index contributed by atoms with van der Waals surface area (Å²) in [6, 6.07) is 0. The number of carbonyl (C=O) groups excluding carboxylic acids is 1. The van der Waals surface area contributed by atoms with Gasteiger partial charge >= 0.3 is 18.0 Å². The van der Waals surface area contributed by atoms with E-state index in [-0.39, 0.29) is 0 Å². The lowest BCUT2D eigenvalue weighted by molar-refractivity contribution is -0.341. The minimum atomic E-state index is -6.47. The molecule has 0 aromatic rings. The lowest BCUT2D eigenvalue weighted by atomic mass is 10.2. The fourth-order valence-electron chi connectivity index (χ4n) is 0.301. The molecule has 0 unspecified atom stereocenters. The average molecular weight is 277 g/mol. The molecule has 78 valence electrons. The van der Waals surface area contributed by atoms with E-state index in [0.717, 1.165) is 0 Å². The largest absolute Gasteiger partial charge is 0.460 e. The molecule has 0 fully saturated rings. The van der Waals surface area contributed by atoms with Crippen LogP contribution in [0.25, 0.3) is 0 Å². The number of rotatable bonds is 2. The Morgan fingerprint density at radius 3 is 1.31 bits per heavy atom. The Morgan fingerprint density at radius 1 is 0.923 bits per heavy atom. The van der Waals surface area contributed by atoms with Crippen LogP contribution in [0.2, 0.25) is 0 Å². The zero-order chi connectivity index (χ0) is 11.1. The van der Waals surface area contributed by atoms with Crippen LogP contribution in [0.4, 0.5) is 30.7 Å². The van der Waals surface area contributed by atoms with E-state index in [2.05, 4.69) is 0 Å². The SMILES string of the molecule is O=C(Br)C(F)(F)C(F)(F)C(F)(F)F. The Morgan fingerprint density at radius 2 is 1.23 bits per heavy atom. The van der Waals surface area contributed by atoms with Gasteiger partial charge in [-0.2, -0.15) is 30.7 Å². The van der Waals surface area contributed by atoms with Gasteiger partial charge in [-0.3, -0.25) is 4.79 Å². The summed E-state index contributed by atoms with van der Waals surface area (Å²) in [5.74, 6) is -12.2. The van der Waals surface area contributed by atoms with Crippen molar-refractivity contribution in [3.05, 3.63) is 0 Å². The highest BCUT2D eigenvalue weighted by Crippen LogP contribution is 2.47. The topological polar surface area (TPSA) is 17.1 Å². The molecular weight excluding hydrogens is 277 g/mol. The summed E-state index contributed by atoms with van der Waals surface area (Å²) in [5.41, 5.74) is 0. The monoisotopic (exact) mass is 276 g/mol. The second-order valence-corrected chi connectivity index (χ2v) is 2.64. The van der Waals surface area contributed by atoms with Gasteiger partial charge in [-0.05, 0) is 15.9 Å². The number of hydrogen-bond donors (Lipinski definition) is 0. The standard InChI is InChI=1S/C4BrF7O/c5-1(13)2(6,7)3(8,9)4(10,11)12. The normalized spacial score (nSPS) is 14.5. The van der Waals surface area contributed by atoms with Crippen molar-refractivity contribution in [2.24, 2.45) is 0 Å². The minimum absolute atomic E-state index is 1.36. The predicted molar refractivity (Wildman–Crippen MR) is 29.9 cm³/mol. The highest BCUT2D eigenvalue weighted by molar-refractivity contribution is 9.18. The molecule has 1 nitrogen and oxygen atoms in total. The number of alkyl halides is 7. The summed E-state index contributed by atoms with van der Waals surface area (Å²) in [5, 5.41) is 0. The summed E-state index contributed by atoms with van der Waals surface area (Å²) < 4.78 is 78.7. The highest BCUT2D eigenvalue weighted by Gasteiger charge is 2.75. The van der Waals surface area contributed by atoms with Crippen molar-refractivity contribution >= 4 is 20.6 Å². The summed E-state index contributed by atoms with van der Waals surface area (Å²) >= 11 is 1.36. The Balaban J connectivity index is 5.16. The van der Waals surface area contributed by atoms with Crippen LogP contribution < -0.4 is 0 Å². The second kappa shape index (κ2) is 3.10. The minimum Gasteiger partial charge on any atom is -0.280 e. The molecule has 0 aliphatic rings. The first-order valence-corrected chi connectivity index (χ1v) is 3.26. The van der Waals surface area contributed by atoms with Gasteiger partial charge in [-0.1, -0.05) is 0 Å². The maximum Gasteiger partial charge on any atom is 0.460 e. The number of carbonyl (C=O) groups is 1. The van der Waals surface area contributed by atoms with Crippen molar-refractivity contribution < 1.29 is 35.5 Å². The molecule has 0 saturated heterocycles. The highest BCUT2D eigenvalue weighted by atomic mass is 79.9. The van der Waals surface area contributed by atoms with Crippen LogP contribution in [-0.2, 0) is 4.79 Å². The van der Waals surface area contributed by atoms with E-state index in [1.807, 2.05) is 0 Å². The van der Waals surface area contributed by atoms with Gasteiger partial charge in [0.05, 0.1) is 0 Å². The van der Waals surface area contributed by atoms with E-state index in [9.17, 15) is 35.5 Å². The van der Waals surface area contributed by atoms with Crippen molar-refractivity contribution in [3.8, 4) is 0 Å². The molecule has 0 rings (SSSR count). The van der Waals surface area contributed by atoms with Gasteiger partial charge in [0.25, 0.3) is 4.69 Å². The zero-order valence-electron chi connectivity index (χ0n) is 5.43. The van der Waals surface area contributed by atoms with Gasteiger partial charge < -0.3 is 0 Å². The number of hydrogen-bond acceptors (Lipinski definition) is 1. The molecule has 0 bridgehead atoms. The van der Waals surface area contributed by atoms with Gasteiger partial charge in [-0.25, -0.2) is 0 Å². The third-order valence-corrected chi connectivity index (χ3v) is 1.50. The van der Waals surface area contributed by atoms with Crippen LogP contribution >= 0.6 is 15.9 Å². The van der Waals surface area contributed by atoms with Gasteiger partial charge in [-0.15, -0.1) is 0 Å².